The normalized spacial score (nSPS) is 17.4. The van der Waals surface area contributed by atoms with Gasteiger partial charge in [-0.25, -0.2) is 9.07 Å². The fourth-order valence-electron chi connectivity index (χ4n) is 4.98. The van der Waals surface area contributed by atoms with E-state index >= 15 is 4.39 Å². The van der Waals surface area contributed by atoms with Crippen molar-refractivity contribution in [3.8, 4) is 28.1 Å². The van der Waals surface area contributed by atoms with E-state index in [0.717, 1.165) is 18.5 Å². The lowest BCUT2D eigenvalue weighted by atomic mass is 10.0. The van der Waals surface area contributed by atoms with Crippen LogP contribution >= 0.6 is 11.6 Å². The Labute approximate surface area is 226 Å². The van der Waals surface area contributed by atoms with Crippen LogP contribution in [0.3, 0.4) is 0 Å². The van der Waals surface area contributed by atoms with Gasteiger partial charge in [-0.2, -0.15) is 14.2 Å². The molecular formula is C25H24ClF2N10O+. The van der Waals surface area contributed by atoms with Gasteiger partial charge in [0.1, 0.15) is 25.2 Å². The lowest BCUT2D eigenvalue weighted by Crippen LogP contribution is -2.46. The zero-order valence-corrected chi connectivity index (χ0v) is 22.0. The van der Waals surface area contributed by atoms with Crippen molar-refractivity contribution in [1.29, 1.82) is 0 Å². The molecule has 0 N–H and O–H groups in total. The van der Waals surface area contributed by atoms with Gasteiger partial charge in [-0.3, -0.25) is 9.52 Å². The summed E-state index contributed by atoms with van der Waals surface area (Å²) in [5, 5.41) is 23.1. The summed E-state index contributed by atoms with van der Waals surface area (Å²) < 4.78 is 35.8. The van der Waals surface area contributed by atoms with Crippen LogP contribution in [-0.4, -0.2) is 52.1 Å². The zero-order valence-electron chi connectivity index (χ0n) is 21.3. The van der Waals surface area contributed by atoms with Crippen molar-refractivity contribution in [2.24, 2.45) is 18.9 Å². The number of rotatable bonds is 8. The predicted molar refractivity (Wildman–Crippen MR) is 134 cm³/mol. The first-order chi connectivity index (χ1) is 18.9. The van der Waals surface area contributed by atoms with Gasteiger partial charge >= 0.3 is 0 Å². The fraction of sp³-hybridized carbons (Fsp3) is 0.320. The van der Waals surface area contributed by atoms with E-state index in [9.17, 15) is 4.39 Å². The molecular weight excluding hydrogens is 530 g/mol. The first kappa shape index (κ1) is 25.0. The molecule has 39 heavy (non-hydrogen) atoms. The molecule has 4 aromatic heterocycles. The quantitative estimate of drug-likeness (QED) is 0.272. The van der Waals surface area contributed by atoms with Crippen LogP contribution in [0.5, 0.6) is 0 Å². The Morgan fingerprint density at radius 2 is 2.00 bits per heavy atom. The SMILES string of the molecule is CO[n+]1cc(-c2c(-n3cnnn3)ccc(Cl)c2F)ccc1[C@@H](CC1CC1C)n1cc(-c2c(F)nnn2C)cn1. The highest BCUT2D eigenvalue weighted by Crippen LogP contribution is 2.45. The van der Waals surface area contributed by atoms with E-state index in [1.54, 1.807) is 47.2 Å². The van der Waals surface area contributed by atoms with Gasteiger partial charge in [-0.15, -0.1) is 5.10 Å². The minimum atomic E-state index is -0.664. The van der Waals surface area contributed by atoms with Gasteiger partial charge in [-0.05, 0) is 53.3 Å². The highest BCUT2D eigenvalue weighted by molar-refractivity contribution is 6.31. The fourth-order valence-corrected chi connectivity index (χ4v) is 5.14. The van der Waals surface area contributed by atoms with E-state index in [0.29, 0.717) is 28.7 Å². The summed E-state index contributed by atoms with van der Waals surface area (Å²) in [7, 11) is 3.16. The molecule has 0 bridgehead atoms. The maximum Gasteiger partial charge on any atom is 0.260 e. The van der Waals surface area contributed by atoms with Gasteiger partial charge in [-0.1, -0.05) is 28.8 Å². The largest absolute Gasteiger partial charge is 0.274 e. The minimum Gasteiger partial charge on any atom is -0.274 e. The molecule has 3 atom stereocenters. The molecule has 0 radical (unpaired) electrons. The van der Waals surface area contributed by atoms with Crippen LogP contribution in [0.2, 0.25) is 5.02 Å². The van der Waals surface area contributed by atoms with Gasteiger partial charge in [0, 0.05) is 29.6 Å². The Morgan fingerprint density at radius 1 is 1.18 bits per heavy atom. The number of hydrogen-bond acceptors (Lipinski definition) is 7. The number of nitrogens with zero attached hydrogens (tertiary/aromatic N) is 10. The van der Waals surface area contributed by atoms with Crippen LogP contribution in [-0.2, 0) is 7.05 Å². The van der Waals surface area contributed by atoms with Crippen LogP contribution < -0.4 is 9.57 Å². The standard InChI is InChI=1S/C25H24ClF2N10O/c1-14-8-16(14)9-21(36-11-17(10-30-36)24-25(28)31-33-35(24)2)19-6-4-15(12-38(19)39-3)22-20(37-13-29-32-34-37)7-5-18(26)23(22)27/h4-7,10-14,16,21H,8-9H2,1-3H3/q+1/t14?,16?,21-/m1/s1. The van der Waals surface area contributed by atoms with Crippen LogP contribution in [0.4, 0.5) is 8.78 Å². The van der Waals surface area contributed by atoms with E-state index < -0.39 is 11.8 Å². The maximum atomic E-state index is 15.4. The predicted octanol–water partition coefficient (Wildman–Crippen LogP) is 3.23. The van der Waals surface area contributed by atoms with Gasteiger partial charge < -0.3 is 0 Å². The van der Waals surface area contributed by atoms with Gasteiger partial charge in [0.05, 0.1) is 28.0 Å². The Kier molecular flexibility index (Phi) is 6.29. The molecule has 5 aromatic rings. The number of aromatic nitrogens is 10. The summed E-state index contributed by atoms with van der Waals surface area (Å²) in [5.41, 5.74) is 2.74. The summed E-state index contributed by atoms with van der Waals surface area (Å²) in [6.07, 6.45) is 8.35. The average molecular weight is 554 g/mol. The molecule has 1 aromatic carbocycles. The topological polar surface area (TPSA) is 105 Å². The van der Waals surface area contributed by atoms with Gasteiger partial charge in [0.2, 0.25) is 6.20 Å². The summed E-state index contributed by atoms with van der Waals surface area (Å²) in [4.78, 5) is 5.75. The zero-order chi connectivity index (χ0) is 27.3. The highest BCUT2D eigenvalue weighted by Gasteiger charge is 2.39. The Bertz CT molecular complexity index is 1630. The second-order valence-corrected chi connectivity index (χ2v) is 10.1. The Balaban J connectivity index is 1.44. The molecule has 1 aliphatic rings. The second-order valence-electron chi connectivity index (χ2n) is 9.65. The molecule has 200 valence electrons. The van der Waals surface area contributed by atoms with E-state index in [2.05, 4.69) is 37.9 Å². The summed E-state index contributed by atoms with van der Waals surface area (Å²) >= 11 is 6.15. The molecule has 0 saturated heterocycles. The second kappa shape index (κ2) is 9.80. The van der Waals surface area contributed by atoms with Crippen LogP contribution in [0, 0.1) is 23.6 Å². The van der Waals surface area contributed by atoms with E-state index in [1.807, 2.05) is 6.07 Å². The summed E-state index contributed by atoms with van der Waals surface area (Å²) in [6, 6.07) is 6.53. The lowest BCUT2D eigenvalue weighted by Gasteiger charge is -2.16. The van der Waals surface area contributed by atoms with Crippen molar-refractivity contribution >= 4 is 11.6 Å². The molecule has 11 nitrogen and oxygen atoms in total. The number of pyridine rings is 1. The molecule has 0 amide bonds. The lowest BCUT2D eigenvalue weighted by molar-refractivity contribution is -0.891. The molecule has 14 heteroatoms. The summed E-state index contributed by atoms with van der Waals surface area (Å²) in [6.45, 7) is 2.21. The third-order valence-electron chi connectivity index (χ3n) is 7.22. The maximum absolute atomic E-state index is 15.4. The first-order valence-electron chi connectivity index (χ1n) is 12.3. The van der Waals surface area contributed by atoms with Gasteiger partial charge in [0.25, 0.3) is 11.6 Å². The monoisotopic (exact) mass is 553 g/mol. The first-order valence-corrected chi connectivity index (χ1v) is 12.6. The number of benzene rings is 1. The molecule has 0 aliphatic heterocycles. The van der Waals surface area contributed by atoms with Crippen LogP contribution in [0.1, 0.15) is 31.5 Å². The molecule has 1 aliphatic carbocycles. The van der Waals surface area contributed by atoms with Crippen molar-refractivity contribution in [3.05, 3.63) is 71.7 Å². The van der Waals surface area contributed by atoms with Crippen molar-refractivity contribution in [2.75, 3.05) is 7.11 Å². The van der Waals surface area contributed by atoms with Gasteiger partial charge in [0.15, 0.2) is 5.82 Å². The number of tetrazole rings is 1. The summed E-state index contributed by atoms with van der Waals surface area (Å²) in [5.74, 6) is -0.176. The molecule has 1 fully saturated rings. The molecule has 4 heterocycles. The minimum absolute atomic E-state index is 0.0311. The molecule has 6 rings (SSSR count). The van der Waals surface area contributed by atoms with E-state index in [4.69, 9.17) is 16.4 Å². The third-order valence-corrected chi connectivity index (χ3v) is 7.51. The number of hydrogen-bond donors (Lipinski definition) is 0. The van der Waals surface area contributed by atoms with Crippen molar-refractivity contribution in [2.45, 2.75) is 25.8 Å². The van der Waals surface area contributed by atoms with Crippen molar-refractivity contribution in [1.82, 2.24) is 45.0 Å². The molecule has 1 saturated carbocycles. The highest BCUT2D eigenvalue weighted by atomic mass is 35.5. The van der Waals surface area contributed by atoms with E-state index in [1.165, 1.54) is 28.9 Å². The average Bonchev–Trinajstić information content (AvgIpc) is 3.37. The van der Waals surface area contributed by atoms with Crippen LogP contribution in [0.25, 0.3) is 28.1 Å². The smallest absolute Gasteiger partial charge is 0.260 e. The van der Waals surface area contributed by atoms with E-state index in [-0.39, 0.29) is 22.3 Å². The Hall–Kier alpha value is -4.26. The van der Waals surface area contributed by atoms with Crippen LogP contribution in [0.15, 0.2) is 49.2 Å². The number of halogens is 3. The molecule has 2 unspecified atom stereocenters. The third kappa shape index (κ3) is 4.52. The molecule has 0 spiro atoms. The Morgan fingerprint density at radius 3 is 2.67 bits per heavy atom. The number of aryl methyl sites for hydroxylation is 1. The van der Waals surface area contributed by atoms with Crippen molar-refractivity contribution < 1.29 is 18.3 Å². The van der Waals surface area contributed by atoms with Crippen molar-refractivity contribution in [3.63, 3.8) is 0 Å².